The summed E-state index contributed by atoms with van der Waals surface area (Å²) in [6.45, 7) is 2.38. The summed E-state index contributed by atoms with van der Waals surface area (Å²) in [6.07, 6.45) is 1.94. The number of rotatable bonds is 3. The Balaban J connectivity index is 1.78. The summed E-state index contributed by atoms with van der Waals surface area (Å²) >= 11 is 0. The Morgan fingerprint density at radius 1 is 1.25 bits per heavy atom. The van der Waals surface area contributed by atoms with Crippen LogP contribution in [0, 0.1) is 6.92 Å². The molecule has 3 heterocycles. The Labute approximate surface area is 138 Å². The molecule has 120 valence electrons. The number of carbonyl (C=O) groups is 1. The first-order chi connectivity index (χ1) is 11.6. The number of nitrogen functional groups attached to an aromatic ring is 1. The van der Waals surface area contributed by atoms with Crippen molar-refractivity contribution in [3.8, 4) is 11.5 Å². The summed E-state index contributed by atoms with van der Waals surface area (Å²) in [5, 5.41) is 6.88. The van der Waals surface area contributed by atoms with E-state index in [9.17, 15) is 4.79 Å². The fraction of sp³-hybridized carbons (Fsp3) is 0.176. The van der Waals surface area contributed by atoms with Gasteiger partial charge in [0, 0.05) is 5.56 Å². The SMILES string of the molecule is Cc1cn[nH]c1-c1nc(N)c2c(n1)N(Cc1ccccc1)C(=O)C2. The topological polar surface area (TPSA) is 101 Å². The predicted molar refractivity (Wildman–Crippen MR) is 90.1 cm³/mol. The molecule has 1 aliphatic heterocycles. The molecule has 24 heavy (non-hydrogen) atoms. The van der Waals surface area contributed by atoms with Crippen molar-refractivity contribution in [2.75, 3.05) is 10.6 Å². The van der Waals surface area contributed by atoms with Crippen molar-refractivity contribution in [3.05, 3.63) is 53.2 Å². The van der Waals surface area contributed by atoms with Crippen molar-refractivity contribution in [2.45, 2.75) is 19.9 Å². The van der Waals surface area contributed by atoms with Crippen molar-refractivity contribution >= 4 is 17.5 Å². The third kappa shape index (κ3) is 2.30. The van der Waals surface area contributed by atoms with Gasteiger partial charge in [-0.05, 0) is 18.1 Å². The quantitative estimate of drug-likeness (QED) is 0.767. The second-order valence-electron chi connectivity index (χ2n) is 5.80. The molecule has 3 aromatic rings. The molecule has 0 saturated carbocycles. The molecule has 0 radical (unpaired) electrons. The average molecular weight is 320 g/mol. The Bertz CT molecular complexity index is 918. The van der Waals surface area contributed by atoms with Crippen molar-refractivity contribution in [2.24, 2.45) is 0 Å². The third-order valence-electron chi connectivity index (χ3n) is 4.14. The zero-order valence-electron chi connectivity index (χ0n) is 13.2. The van der Waals surface area contributed by atoms with Gasteiger partial charge in [-0.1, -0.05) is 30.3 Å². The van der Waals surface area contributed by atoms with Crippen LogP contribution in [0.1, 0.15) is 16.7 Å². The van der Waals surface area contributed by atoms with E-state index in [4.69, 9.17) is 5.73 Å². The fourth-order valence-electron chi connectivity index (χ4n) is 2.86. The van der Waals surface area contributed by atoms with Gasteiger partial charge in [-0.2, -0.15) is 5.10 Å². The minimum atomic E-state index is -0.0201. The van der Waals surface area contributed by atoms with Crippen LogP contribution in [0.4, 0.5) is 11.6 Å². The van der Waals surface area contributed by atoms with Crippen LogP contribution in [-0.4, -0.2) is 26.1 Å². The molecule has 0 unspecified atom stereocenters. The monoisotopic (exact) mass is 320 g/mol. The van der Waals surface area contributed by atoms with Crippen LogP contribution in [0.25, 0.3) is 11.5 Å². The van der Waals surface area contributed by atoms with Gasteiger partial charge in [0.15, 0.2) is 5.82 Å². The van der Waals surface area contributed by atoms with Crippen LogP contribution >= 0.6 is 0 Å². The summed E-state index contributed by atoms with van der Waals surface area (Å²) in [5.41, 5.74) is 9.45. The second kappa shape index (κ2) is 5.45. The lowest BCUT2D eigenvalue weighted by atomic mass is 10.2. The van der Waals surface area contributed by atoms with Crippen molar-refractivity contribution in [1.82, 2.24) is 20.2 Å². The first-order valence-electron chi connectivity index (χ1n) is 7.64. The van der Waals surface area contributed by atoms with Gasteiger partial charge in [0.25, 0.3) is 0 Å². The molecule has 3 N–H and O–H groups in total. The van der Waals surface area contributed by atoms with Crippen molar-refractivity contribution in [3.63, 3.8) is 0 Å². The lowest BCUT2D eigenvalue weighted by Crippen LogP contribution is -2.26. The molecule has 0 saturated heterocycles. The molecule has 0 fully saturated rings. The summed E-state index contributed by atoms with van der Waals surface area (Å²) < 4.78 is 0. The minimum Gasteiger partial charge on any atom is -0.383 e. The summed E-state index contributed by atoms with van der Waals surface area (Å²) in [6, 6.07) is 9.81. The van der Waals surface area contributed by atoms with Gasteiger partial charge < -0.3 is 5.73 Å². The Kier molecular flexibility index (Phi) is 3.26. The standard InChI is InChI=1S/C17H16N6O/c1-10-8-19-22-14(10)16-20-15(18)12-7-13(24)23(17(12)21-16)9-11-5-3-2-4-6-11/h2-6,8H,7,9H2,1H3,(H,19,22)(H2,18,20,21). The Hall–Kier alpha value is -3.22. The fourth-order valence-corrected chi connectivity index (χ4v) is 2.86. The van der Waals surface area contributed by atoms with Crippen LogP contribution in [0.3, 0.4) is 0 Å². The number of nitrogens with one attached hydrogen (secondary N) is 1. The molecule has 7 nitrogen and oxygen atoms in total. The molecule has 1 amide bonds. The van der Waals surface area contributed by atoms with E-state index in [0.717, 1.165) is 11.1 Å². The average Bonchev–Trinajstić information content (AvgIpc) is 3.13. The Morgan fingerprint density at radius 3 is 2.75 bits per heavy atom. The summed E-state index contributed by atoms with van der Waals surface area (Å²) in [4.78, 5) is 23.0. The van der Waals surface area contributed by atoms with Crippen LogP contribution < -0.4 is 10.6 Å². The van der Waals surface area contributed by atoms with Crippen LogP contribution in [0.2, 0.25) is 0 Å². The van der Waals surface area contributed by atoms with Gasteiger partial charge in [-0.15, -0.1) is 0 Å². The highest BCUT2D eigenvalue weighted by atomic mass is 16.2. The molecule has 2 aromatic heterocycles. The van der Waals surface area contributed by atoms with Gasteiger partial charge in [0.05, 0.1) is 19.2 Å². The molecule has 1 aliphatic rings. The maximum atomic E-state index is 12.4. The van der Waals surface area contributed by atoms with E-state index >= 15 is 0 Å². The van der Waals surface area contributed by atoms with E-state index in [0.29, 0.717) is 35.3 Å². The summed E-state index contributed by atoms with van der Waals surface area (Å²) in [7, 11) is 0. The number of hydrogen-bond acceptors (Lipinski definition) is 5. The van der Waals surface area contributed by atoms with Crippen LogP contribution in [-0.2, 0) is 17.8 Å². The van der Waals surface area contributed by atoms with E-state index in [-0.39, 0.29) is 12.3 Å². The molecule has 4 rings (SSSR count). The number of anilines is 2. The molecule has 0 bridgehead atoms. The Morgan fingerprint density at radius 2 is 2.04 bits per heavy atom. The summed E-state index contributed by atoms with van der Waals surface area (Å²) in [5.74, 6) is 1.36. The number of fused-ring (bicyclic) bond motifs is 1. The normalized spacial score (nSPS) is 13.4. The number of nitrogens with two attached hydrogens (primary N) is 1. The smallest absolute Gasteiger partial charge is 0.233 e. The van der Waals surface area contributed by atoms with Crippen LogP contribution in [0.5, 0.6) is 0 Å². The number of carbonyl (C=O) groups excluding carboxylic acids is 1. The van der Waals surface area contributed by atoms with Gasteiger partial charge in [0.2, 0.25) is 5.91 Å². The molecule has 7 heteroatoms. The first-order valence-corrected chi connectivity index (χ1v) is 7.64. The molecule has 1 aromatic carbocycles. The van der Waals surface area contributed by atoms with Crippen molar-refractivity contribution in [1.29, 1.82) is 0 Å². The lowest BCUT2D eigenvalue weighted by Gasteiger charge is -2.17. The van der Waals surface area contributed by atoms with Gasteiger partial charge in [-0.25, -0.2) is 9.97 Å². The number of benzene rings is 1. The predicted octanol–water partition coefficient (Wildman–Crippen LogP) is 1.85. The van der Waals surface area contributed by atoms with E-state index in [1.165, 1.54) is 0 Å². The minimum absolute atomic E-state index is 0.0201. The number of hydrogen-bond donors (Lipinski definition) is 2. The number of aryl methyl sites for hydroxylation is 1. The molecule has 0 atom stereocenters. The van der Waals surface area contributed by atoms with E-state index in [2.05, 4.69) is 20.2 Å². The van der Waals surface area contributed by atoms with Gasteiger partial charge in [0.1, 0.15) is 17.3 Å². The molecular weight excluding hydrogens is 304 g/mol. The maximum absolute atomic E-state index is 12.4. The zero-order chi connectivity index (χ0) is 16.7. The highest BCUT2D eigenvalue weighted by molar-refractivity contribution is 6.01. The van der Waals surface area contributed by atoms with E-state index in [1.807, 2.05) is 37.3 Å². The molecule has 0 spiro atoms. The molecular formula is C17H16N6O. The largest absolute Gasteiger partial charge is 0.383 e. The van der Waals surface area contributed by atoms with Crippen molar-refractivity contribution < 1.29 is 4.79 Å². The third-order valence-corrected chi connectivity index (χ3v) is 4.14. The highest BCUT2D eigenvalue weighted by Crippen LogP contribution is 2.33. The maximum Gasteiger partial charge on any atom is 0.233 e. The lowest BCUT2D eigenvalue weighted by molar-refractivity contribution is -0.117. The number of nitrogens with zero attached hydrogens (tertiary/aromatic N) is 4. The van der Waals surface area contributed by atoms with Crippen LogP contribution in [0.15, 0.2) is 36.5 Å². The number of amides is 1. The number of aromatic nitrogens is 4. The van der Waals surface area contributed by atoms with E-state index in [1.54, 1.807) is 11.1 Å². The number of H-pyrrole nitrogens is 1. The second-order valence-corrected chi connectivity index (χ2v) is 5.80. The van der Waals surface area contributed by atoms with E-state index < -0.39 is 0 Å². The van der Waals surface area contributed by atoms with Gasteiger partial charge in [-0.3, -0.25) is 14.8 Å². The van der Waals surface area contributed by atoms with Gasteiger partial charge >= 0.3 is 0 Å². The molecule has 0 aliphatic carbocycles. The zero-order valence-corrected chi connectivity index (χ0v) is 13.2. The highest BCUT2D eigenvalue weighted by Gasteiger charge is 2.32. The first kappa shape index (κ1) is 14.4. The number of aromatic amines is 1.